The molecular formula is C11H10FN5O. The zero-order valence-electron chi connectivity index (χ0n) is 9.51. The third-order valence-corrected chi connectivity index (χ3v) is 2.13. The molecule has 2 N–H and O–H groups in total. The number of anilines is 1. The van der Waals surface area contributed by atoms with Gasteiger partial charge < -0.3 is 0 Å². The molecule has 0 aliphatic rings. The molecule has 1 heterocycles. The van der Waals surface area contributed by atoms with Crippen molar-refractivity contribution in [3.63, 3.8) is 0 Å². The smallest absolute Gasteiger partial charge is 0.260 e. The van der Waals surface area contributed by atoms with Crippen molar-refractivity contribution in [1.82, 2.24) is 15.2 Å². The van der Waals surface area contributed by atoms with E-state index in [2.05, 4.69) is 25.7 Å². The Kier molecular flexibility index (Phi) is 3.42. The van der Waals surface area contributed by atoms with Crippen molar-refractivity contribution < 1.29 is 4.39 Å². The van der Waals surface area contributed by atoms with Gasteiger partial charge in [0, 0.05) is 0 Å². The van der Waals surface area contributed by atoms with Crippen molar-refractivity contribution in [1.29, 1.82) is 0 Å². The molecule has 0 bridgehead atoms. The second-order valence-corrected chi connectivity index (χ2v) is 3.50. The second kappa shape index (κ2) is 5.17. The quantitative estimate of drug-likeness (QED) is 0.627. The lowest BCUT2D eigenvalue weighted by Crippen LogP contribution is -2.15. The number of aryl methyl sites for hydroxylation is 1. The molecule has 0 saturated carbocycles. The Bertz CT molecular complexity index is 620. The van der Waals surface area contributed by atoms with Gasteiger partial charge in [0.25, 0.3) is 0 Å². The summed E-state index contributed by atoms with van der Waals surface area (Å²) in [6.45, 7) is 1.68. The molecule has 0 fully saturated rings. The summed E-state index contributed by atoms with van der Waals surface area (Å²) in [4.78, 5) is 14.6. The van der Waals surface area contributed by atoms with Crippen molar-refractivity contribution in [2.75, 3.05) is 5.43 Å². The van der Waals surface area contributed by atoms with E-state index in [1.807, 2.05) is 0 Å². The van der Waals surface area contributed by atoms with E-state index in [0.717, 1.165) is 5.56 Å². The first kappa shape index (κ1) is 11.9. The van der Waals surface area contributed by atoms with Crippen molar-refractivity contribution in [2.24, 2.45) is 5.10 Å². The van der Waals surface area contributed by atoms with Gasteiger partial charge in [0.05, 0.1) is 6.21 Å². The zero-order valence-corrected chi connectivity index (χ0v) is 9.51. The number of hydrazone groups is 1. The molecule has 0 amide bonds. The molecule has 18 heavy (non-hydrogen) atoms. The Labute approximate surface area is 102 Å². The lowest BCUT2D eigenvalue weighted by molar-refractivity contribution is 0.628. The van der Waals surface area contributed by atoms with E-state index in [1.165, 1.54) is 18.3 Å². The van der Waals surface area contributed by atoms with Crippen molar-refractivity contribution in [3.8, 4) is 0 Å². The summed E-state index contributed by atoms with van der Waals surface area (Å²) in [5.41, 5.74) is 3.28. The van der Waals surface area contributed by atoms with Crippen molar-refractivity contribution >= 4 is 12.0 Å². The lowest BCUT2D eigenvalue weighted by atomic mass is 10.2. The number of aromatic nitrogens is 3. The number of aromatic amines is 1. The molecule has 0 radical (unpaired) electrons. The SMILES string of the molecule is Cc1n[nH]c(=O)nc1NN=Cc1ccc(F)cc1. The highest BCUT2D eigenvalue weighted by Gasteiger charge is 1.99. The maximum Gasteiger partial charge on any atom is 0.363 e. The summed E-state index contributed by atoms with van der Waals surface area (Å²) in [5.74, 6) is -0.0338. The van der Waals surface area contributed by atoms with E-state index in [4.69, 9.17) is 0 Å². The minimum atomic E-state index is -0.555. The molecular weight excluding hydrogens is 237 g/mol. The first-order chi connectivity index (χ1) is 8.65. The van der Waals surface area contributed by atoms with E-state index in [0.29, 0.717) is 5.69 Å². The van der Waals surface area contributed by atoms with Crippen LogP contribution in [0.5, 0.6) is 0 Å². The third-order valence-electron chi connectivity index (χ3n) is 2.13. The van der Waals surface area contributed by atoms with Gasteiger partial charge in [-0.2, -0.15) is 15.2 Å². The Morgan fingerprint density at radius 3 is 2.83 bits per heavy atom. The van der Waals surface area contributed by atoms with E-state index < -0.39 is 5.69 Å². The van der Waals surface area contributed by atoms with Gasteiger partial charge in [-0.15, -0.1) is 0 Å². The number of hydrogen-bond donors (Lipinski definition) is 2. The Morgan fingerprint density at radius 2 is 2.11 bits per heavy atom. The largest absolute Gasteiger partial charge is 0.363 e. The maximum atomic E-state index is 12.7. The topological polar surface area (TPSA) is 83.0 Å². The molecule has 7 heteroatoms. The molecule has 0 unspecified atom stereocenters. The van der Waals surface area contributed by atoms with E-state index in [9.17, 15) is 9.18 Å². The monoisotopic (exact) mass is 247 g/mol. The fraction of sp³-hybridized carbons (Fsp3) is 0.0909. The van der Waals surface area contributed by atoms with E-state index in [1.54, 1.807) is 19.1 Å². The average Bonchev–Trinajstić information content (AvgIpc) is 2.36. The molecule has 0 saturated heterocycles. The predicted octanol–water partition coefficient (Wildman–Crippen LogP) is 1.06. The number of H-pyrrole nitrogens is 1. The summed E-state index contributed by atoms with van der Waals surface area (Å²) in [7, 11) is 0. The lowest BCUT2D eigenvalue weighted by Gasteiger charge is -2.00. The molecule has 92 valence electrons. The van der Waals surface area contributed by atoms with E-state index >= 15 is 0 Å². The van der Waals surface area contributed by atoms with Gasteiger partial charge in [0.1, 0.15) is 11.5 Å². The molecule has 0 aliphatic heterocycles. The van der Waals surface area contributed by atoms with Gasteiger partial charge in [-0.05, 0) is 24.6 Å². The fourth-order valence-corrected chi connectivity index (χ4v) is 1.21. The highest BCUT2D eigenvalue weighted by molar-refractivity contribution is 5.79. The maximum absolute atomic E-state index is 12.7. The first-order valence-corrected chi connectivity index (χ1v) is 5.13. The molecule has 2 rings (SSSR count). The van der Waals surface area contributed by atoms with Crippen LogP contribution in [0.15, 0.2) is 34.2 Å². The average molecular weight is 247 g/mol. The first-order valence-electron chi connectivity index (χ1n) is 5.13. The molecule has 0 spiro atoms. The minimum absolute atomic E-state index is 0.275. The van der Waals surface area contributed by atoms with Crippen LogP contribution in [0.2, 0.25) is 0 Å². The normalized spacial score (nSPS) is 10.8. The molecule has 0 atom stereocenters. The molecule has 1 aromatic carbocycles. The van der Waals surface area contributed by atoms with Crippen LogP contribution < -0.4 is 11.1 Å². The second-order valence-electron chi connectivity index (χ2n) is 3.50. The van der Waals surface area contributed by atoms with Crippen LogP contribution in [-0.4, -0.2) is 21.4 Å². The van der Waals surface area contributed by atoms with E-state index in [-0.39, 0.29) is 11.6 Å². The molecule has 2 aromatic rings. The van der Waals surface area contributed by atoms with Gasteiger partial charge in [-0.25, -0.2) is 14.3 Å². The summed E-state index contributed by atoms with van der Waals surface area (Å²) < 4.78 is 12.7. The molecule has 0 aliphatic carbocycles. The van der Waals surface area contributed by atoms with Crippen LogP contribution in [0, 0.1) is 12.7 Å². The number of halogens is 1. The summed E-state index contributed by atoms with van der Waals surface area (Å²) in [6, 6.07) is 5.83. The highest BCUT2D eigenvalue weighted by Crippen LogP contribution is 2.03. The number of nitrogens with one attached hydrogen (secondary N) is 2. The van der Waals surface area contributed by atoms with Crippen LogP contribution >= 0.6 is 0 Å². The zero-order chi connectivity index (χ0) is 13.0. The standard InChI is InChI=1S/C11H10FN5O/c1-7-10(14-11(18)17-15-7)16-13-6-8-2-4-9(12)5-3-8/h2-6H,1H3,(H2,14,16,17,18). The van der Waals surface area contributed by atoms with Crippen LogP contribution in [0.3, 0.4) is 0 Å². The van der Waals surface area contributed by atoms with Crippen LogP contribution in [0.1, 0.15) is 11.3 Å². The summed E-state index contributed by atoms with van der Waals surface area (Å²) in [5, 5.41) is 9.82. The van der Waals surface area contributed by atoms with Gasteiger partial charge >= 0.3 is 5.69 Å². The number of hydrogen-bond acceptors (Lipinski definition) is 5. The predicted molar refractivity (Wildman–Crippen MR) is 65.0 cm³/mol. The number of nitrogens with zero attached hydrogens (tertiary/aromatic N) is 3. The molecule has 6 nitrogen and oxygen atoms in total. The van der Waals surface area contributed by atoms with Crippen LogP contribution in [0.4, 0.5) is 10.2 Å². The Morgan fingerprint density at radius 1 is 1.39 bits per heavy atom. The number of benzene rings is 1. The van der Waals surface area contributed by atoms with Crippen LogP contribution in [0.25, 0.3) is 0 Å². The number of rotatable bonds is 3. The van der Waals surface area contributed by atoms with Crippen molar-refractivity contribution in [2.45, 2.75) is 6.92 Å². The third kappa shape index (κ3) is 2.97. The van der Waals surface area contributed by atoms with Crippen molar-refractivity contribution in [3.05, 3.63) is 51.8 Å². The molecule has 1 aromatic heterocycles. The van der Waals surface area contributed by atoms with Gasteiger partial charge in [0.2, 0.25) is 0 Å². The fourth-order valence-electron chi connectivity index (χ4n) is 1.21. The highest BCUT2D eigenvalue weighted by atomic mass is 19.1. The Hall–Kier alpha value is -2.57. The summed E-state index contributed by atoms with van der Waals surface area (Å²) in [6.07, 6.45) is 1.49. The van der Waals surface area contributed by atoms with Gasteiger partial charge in [-0.1, -0.05) is 12.1 Å². The van der Waals surface area contributed by atoms with Crippen LogP contribution in [-0.2, 0) is 0 Å². The summed E-state index contributed by atoms with van der Waals surface area (Å²) >= 11 is 0. The minimum Gasteiger partial charge on any atom is -0.260 e. The van der Waals surface area contributed by atoms with Gasteiger partial charge in [-0.3, -0.25) is 5.43 Å². The van der Waals surface area contributed by atoms with Gasteiger partial charge in [0.15, 0.2) is 5.82 Å². The Balaban J connectivity index is 2.09.